The number of hydrazine groups is 1. The molecule has 2 atom stereocenters. The lowest BCUT2D eigenvalue weighted by Crippen LogP contribution is -2.51. The molecule has 2 N–H and O–H groups in total. The van der Waals surface area contributed by atoms with Crippen molar-refractivity contribution in [1.82, 2.24) is 15.8 Å². The van der Waals surface area contributed by atoms with Crippen LogP contribution in [0.1, 0.15) is 69.8 Å². The summed E-state index contributed by atoms with van der Waals surface area (Å²) in [6.07, 6.45) is 4.80. The summed E-state index contributed by atoms with van der Waals surface area (Å²) in [5, 5.41) is 3.66. The molecule has 1 aromatic heterocycles. The lowest BCUT2D eigenvalue weighted by molar-refractivity contribution is -0.140. The van der Waals surface area contributed by atoms with Crippen LogP contribution in [-0.2, 0) is 16.0 Å². The molecule has 1 spiro atoms. The summed E-state index contributed by atoms with van der Waals surface area (Å²) in [4.78, 5) is 37.2. The van der Waals surface area contributed by atoms with Crippen molar-refractivity contribution in [2.75, 3.05) is 0 Å². The van der Waals surface area contributed by atoms with Crippen LogP contribution in [0.15, 0.2) is 16.5 Å². The minimum atomic E-state index is -0.840. The first-order valence-electron chi connectivity index (χ1n) is 9.93. The summed E-state index contributed by atoms with van der Waals surface area (Å²) >= 11 is 0. The number of furan rings is 1. The molecule has 4 rings (SSSR count). The SMILES string of the molecule is CC1CCC2(CC1)NC(=O)N(NC(=O)CCc1ccc([C@H]3C[C@@H]3C)o1)C2=O. The monoisotopic (exact) mass is 373 g/mol. The van der Waals surface area contributed by atoms with Crippen LogP contribution in [-0.4, -0.2) is 28.4 Å². The molecule has 1 aromatic rings. The molecule has 1 aliphatic heterocycles. The summed E-state index contributed by atoms with van der Waals surface area (Å²) in [6.45, 7) is 4.34. The van der Waals surface area contributed by atoms with Gasteiger partial charge in [0, 0.05) is 18.8 Å². The molecule has 0 aromatic carbocycles. The molecule has 7 nitrogen and oxygen atoms in total. The largest absolute Gasteiger partial charge is 0.466 e. The van der Waals surface area contributed by atoms with E-state index in [0.717, 1.165) is 35.8 Å². The molecular formula is C20H27N3O4. The maximum atomic E-state index is 12.7. The van der Waals surface area contributed by atoms with Gasteiger partial charge in [0.2, 0.25) is 5.91 Å². The van der Waals surface area contributed by atoms with Crippen molar-refractivity contribution in [3.8, 4) is 0 Å². The van der Waals surface area contributed by atoms with Gasteiger partial charge >= 0.3 is 6.03 Å². The summed E-state index contributed by atoms with van der Waals surface area (Å²) in [6, 6.07) is 3.34. The quantitative estimate of drug-likeness (QED) is 0.777. The lowest BCUT2D eigenvalue weighted by Gasteiger charge is -2.33. The molecule has 0 radical (unpaired) electrons. The normalized spacial score (nSPS) is 32.7. The highest BCUT2D eigenvalue weighted by Crippen LogP contribution is 2.47. The number of hydrogen-bond acceptors (Lipinski definition) is 4. The molecule has 2 aliphatic carbocycles. The zero-order valence-electron chi connectivity index (χ0n) is 15.9. The van der Waals surface area contributed by atoms with Gasteiger partial charge in [0.15, 0.2) is 0 Å². The van der Waals surface area contributed by atoms with Crippen LogP contribution in [0.3, 0.4) is 0 Å². The molecule has 7 heteroatoms. The van der Waals surface area contributed by atoms with Crippen molar-refractivity contribution < 1.29 is 18.8 Å². The second-order valence-corrected chi connectivity index (χ2v) is 8.49. The first-order chi connectivity index (χ1) is 12.9. The van der Waals surface area contributed by atoms with Crippen molar-refractivity contribution in [1.29, 1.82) is 0 Å². The Morgan fingerprint density at radius 2 is 2.00 bits per heavy atom. The summed E-state index contributed by atoms with van der Waals surface area (Å²) in [5.74, 6) is 2.78. The van der Waals surface area contributed by atoms with Crippen molar-refractivity contribution in [3.05, 3.63) is 23.7 Å². The average Bonchev–Trinajstić information content (AvgIpc) is 3.11. The van der Waals surface area contributed by atoms with E-state index >= 15 is 0 Å². The van der Waals surface area contributed by atoms with E-state index in [1.54, 1.807) is 0 Å². The maximum Gasteiger partial charge on any atom is 0.344 e. The van der Waals surface area contributed by atoms with Crippen molar-refractivity contribution in [2.45, 2.75) is 70.3 Å². The first-order valence-corrected chi connectivity index (χ1v) is 9.93. The van der Waals surface area contributed by atoms with Gasteiger partial charge in [0.1, 0.15) is 17.1 Å². The maximum absolute atomic E-state index is 12.7. The Bertz CT molecular complexity index is 763. The van der Waals surface area contributed by atoms with Gasteiger partial charge in [0.25, 0.3) is 5.91 Å². The van der Waals surface area contributed by atoms with Crippen LogP contribution in [0.25, 0.3) is 0 Å². The van der Waals surface area contributed by atoms with E-state index in [-0.39, 0.29) is 18.2 Å². The molecule has 1 saturated heterocycles. The Balaban J connectivity index is 1.30. The number of nitrogens with zero attached hydrogens (tertiary/aromatic N) is 1. The predicted octanol–water partition coefficient (Wildman–Crippen LogP) is 2.87. The average molecular weight is 373 g/mol. The van der Waals surface area contributed by atoms with Crippen LogP contribution < -0.4 is 10.7 Å². The third-order valence-electron chi connectivity index (χ3n) is 6.28. The highest BCUT2D eigenvalue weighted by Gasteiger charge is 2.52. The molecule has 3 aliphatic rings. The lowest BCUT2D eigenvalue weighted by atomic mass is 9.77. The van der Waals surface area contributed by atoms with Gasteiger partial charge < -0.3 is 9.73 Å². The minimum Gasteiger partial charge on any atom is -0.466 e. The number of carbonyl (C=O) groups is 3. The third-order valence-corrected chi connectivity index (χ3v) is 6.28. The molecule has 2 saturated carbocycles. The number of rotatable bonds is 5. The summed E-state index contributed by atoms with van der Waals surface area (Å²) in [7, 11) is 0. The smallest absolute Gasteiger partial charge is 0.344 e. The van der Waals surface area contributed by atoms with E-state index in [1.807, 2.05) is 12.1 Å². The Morgan fingerprint density at radius 1 is 1.30 bits per heavy atom. The van der Waals surface area contributed by atoms with Gasteiger partial charge in [-0.25, -0.2) is 4.79 Å². The van der Waals surface area contributed by atoms with E-state index in [4.69, 9.17) is 4.42 Å². The van der Waals surface area contributed by atoms with Gasteiger partial charge in [0.05, 0.1) is 0 Å². The summed E-state index contributed by atoms with van der Waals surface area (Å²) < 4.78 is 5.80. The number of aryl methyl sites for hydroxylation is 1. The van der Waals surface area contributed by atoms with Gasteiger partial charge in [-0.3, -0.25) is 15.0 Å². The Morgan fingerprint density at radius 3 is 2.67 bits per heavy atom. The topological polar surface area (TPSA) is 91.7 Å². The van der Waals surface area contributed by atoms with Crippen LogP contribution >= 0.6 is 0 Å². The number of nitrogens with one attached hydrogen (secondary N) is 2. The van der Waals surface area contributed by atoms with Crippen molar-refractivity contribution in [2.24, 2.45) is 11.8 Å². The second-order valence-electron chi connectivity index (χ2n) is 8.49. The van der Waals surface area contributed by atoms with Crippen LogP contribution in [0.5, 0.6) is 0 Å². The number of amides is 4. The zero-order chi connectivity index (χ0) is 19.2. The number of urea groups is 1. The van der Waals surface area contributed by atoms with Gasteiger partial charge in [-0.05, 0) is 56.1 Å². The van der Waals surface area contributed by atoms with Gasteiger partial charge in [-0.15, -0.1) is 0 Å². The molecule has 4 amide bonds. The van der Waals surface area contributed by atoms with E-state index in [0.29, 0.717) is 37.0 Å². The van der Waals surface area contributed by atoms with Crippen LogP contribution in [0.4, 0.5) is 4.79 Å². The Kier molecular flexibility index (Phi) is 4.48. The molecule has 0 unspecified atom stereocenters. The fourth-order valence-corrected chi connectivity index (χ4v) is 4.18. The fraction of sp³-hybridized carbons (Fsp3) is 0.650. The second kappa shape index (κ2) is 6.69. The standard InChI is InChI=1S/C20H27N3O4/c1-12-7-9-20(10-8-12)18(25)23(19(26)21-20)22-17(24)6-4-14-3-5-16(27-14)15-11-13(15)2/h3,5,12-13,15H,4,6-11H2,1-2H3,(H,21,26)(H,22,24)/t12?,13-,15-,20?/m0/s1. The van der Waals surface area contributed by atoms with Gasteiger partial charge in [-0.1, -0.05) is 13.8 Å². The Labute approximate surface area is 158 Å². The predicted molar refractivity (Wildman–Crippen MR) is 97.4 cm³/mol. The molecule has 146 valence electrons. The molecule has 2 heterocycles. The number of hydrogen-bond donors (Lipinski definition) is 2. The van der Waals surface area contributed by atoms with E-state index in [2.05, 4.69) is 24.6 Å². The van der Waals surface area contributed by atoms with E-state index in [1.165, 1.54) is 0 Å². The fourth-order valence-electron chi connectivity index (χ4n) is 4.18. The number of carbonyl (C=O) groups excluding carboxylic acids is 3. The third kappa shape index (κ3) is 3.47. The first kappa shape index (κ1) is 18.1. The van der Waals surface area contributed by atoms with Crippen LogP contribution in [0, 0.1) is 11.8 Å². The van der Waals surface area contributed by atoms with Crippen molar-refractivity contribution in [3.63, 3.8) is 0 Å². The molecule has 0 bridgehead atoms. The zero-order valence-corrected chi connectivity index (χ0v) is 15.9. The highest BCUT2D eigenvalue weighted by molar-refractivity contribution is 6.08. The highest BCUT2D eigenvalue weighted by atomic mass is 16.3. The van der Waals surface area contributed by atoms with E-state index in [9.17, 15) is 14.4 Å². The molecule has 27 heavy (non-hydrogen) atoms. The van der Waals surface area contributed by atoms with Crippen molar-refractivity contribution >= 4 is 17.8 Å². The number of imide groups is 1. The van der Waals surface area contributed by atoms with Crippen LogP contribution in [0.2, 0.25) is 0 Å². The minimum absolute atomic E-state index is 0.161. The summed E-state index contributed by atoms with van der Waals surface area (Å²) in [5.41, 5.74) is 1.63. The van der Waals surface area contributed by atoms with E-state index < -0.39 is 11.6 Å². The molecule has 3 fully saturated rings. The Hall–Kier alpha value is -2.31. The molecular weight excluding hydrogens is 346 g/mol. The van der Waals surface area contributed by atoms with Gasteiger partial charge in [-0.2, -0.15) is 5.01 Å².